The predicted molar refractivity (Wildman–Crippen MR) is 162 cm³/mol. The first-order chi connectivity index (χ1) is 18.9. The van der Waals surface area contributed by atoms with E-state index in [4.69, 9.17) is 11.6 Å². The first-order valence-electron chi connectivity index (χ1n) is 12.8. The maximum Gasteiger partial charge on any atom is 0.264 e. The zero-order chi connectivity index (χ0) is 29.2. The average Bonchev–Trinajstić information content (AvgIpc) is 3.18. The minimum absolute atomic E-state index is 0.0326. The molecule has 0 atom stereocenters. The molecule has 0 bridgehead atoms. The van der Waals surface area contributed by atoms with Crippen molar-refractivity contribution in [3.8, 4) is 5.69 Å². The molecule has 1 aromatic heterocycles. The summed E-state index contributed by atoms with van der Waals surface area (Å²) in [4.78, 5) is 13.0. The van der Waals surface area contributed by atoms with E-state index in [9.17, 15) is 13.2 Å². The Labute approximate surface area is 241 Å². The molecule has 40 heavy (non-hydrogen) atoms. The maximum atomic E-state index is 13.6. The van der Waals surface area contributed by atoms with E-state index in [1.165, 1.54) is 35.4 Å². The van der Waals surface area contributed by atoms with Crippen molar-refractivity contribution < 1.29 is 13.2 Å². The van der Waals surface area contributed by atoms with E-state index in [1.54, 1.807) is 18.3 Å². The van der Waals surface area contributed by atoms with Crippen molar-refractivity contribution in [2.24, 2.45) is 5.10 Å². The maximum absolute atomic E-state index is 13.6. The Hall–Kier alpha value is -3.88. The predicted octanol–water partition coefficient (Wildman–Crippen LogP) is 6.33. The number of amides is 1. The van der Waals surface area contributed by atoms with Crippen LogP contribution < -0.4 is 9.73 Å². The van der Waals surface area contributed by atoms with Gasteiger partial charge in [0.15, 0.2) is 0 Å². The number of nitrogens with zero attached hydrogens (tertiary/aromatic N) is 3. The molecule has 3 aromatic carbocycles. The van der Waals surface area contributed by atoms with Crippen LogP contribution in [0, 0.1) is 41.5 Å². The Morgan fingerprint density at radius 1 is 0.875 bits per heavy atom. The number of halogens is 1. The topological polar surface area (TPSA) is 83.8 Å². The van der Waals surface area contributed by atoms with Gasteiger partial charge in [0.05, 0.1) is 16.8 Å². The average molecular weight is 577 g/mol. The van der Waals surface area contributed by atoms with Crippen LogP contribution in [0.5, 0.6) is 0 Å². The molecule has 0 unspecified atom stereocenters. The van der Waals surface area contributed by atoms with Gasteiger partial charge in [0.1, 0.15) is 6.54 Å². The number of carbonyl (C=O) groups is 1. The fourth-order valence-electron chi connectivity index (χ4n) is 4.45. The Morgan fingerprint density at radius 3 is 2.12 bits per heavy atom. The number of aromatic nitrogens is 1. The molecule has 1 N–H and O–H groups in total. The number of benzene rings is 3. The van der Waals surface area contributed by atoms with Crippen LogP contribution in [0.25, 0.3) is 5.69 Å². The molecular formula is C31H33ClN4O3S. The Balaban J connectivity index is 1.57. The Kier molecular flexibility index (Phi) is 8.51. The van der Waals surface area contributed by atoms with Crippen molar-refractivity contribution in [2.75, 3.05) is 10.8 Å². The van der Waals surface area contributed by atoms with E-state index in [0.717, 1.165) is 38.1 Å². The SMILES string of the molecule is Cc1ccc(N(CC(=O)N/N=C\c2cc(C)n(-c3ccc(C)c(C)c3)c2C)S(=O)(=O)c2ccc(Cl)cc2)cc1C. The van der Waals surface area contributed by atoms with Crippen molar-refractivity contribution in [1.82, 2.24) is 9.99 Å². The molecule has 1 amide bonds. The third kappa shape index (κ3) is 6.13. The molecule has 1 heterocycles. The van der Waals surface area contributed by atoms with Crippen molar-refractivity contribution >= 4 is 39.4 Å². The number of hydrogen-bond acceptors (Lipinski definition) is 4. The lowest BCUT2D eigenvalue weighted by Gasteiger charge is -2.24. The smallest absolute Gasteiger partial charge is 0.264 e. The summed E-state index contributed by atoms with van der Waals surface area (Å²) >= 11 is 5.97. The first kappa shape index (κ1) is 29.1. The summed E-state index contributed by atoms with van der Waals surface area (Å²) in [6.07, 6.45) is 1.58. The number of aryl methyl sites for hydroxylation is 5. The number of hydrogen-bond donors (Lipinski definition) is 1. The minimum Gasteiger partial charge on any atom is -0.318 e. The number of carbonyl (C=O) groups excluding carboxylic acids is 1. The van der Waals surface area contributed by atoms with E-state index in [2.05, 4.69) is 47.1 Å². The summed E-state index contributed by atoms with van der Waals surface area (Å²) in [5.74, 6) is -0.574. The number of hydrazone groups is 1. The Bertz CT molecular complexity index is 1710. The van der Waals surface area contributed by atoms with E-state index < -0.39 is 22.5 Å². The summed E-state index contributed by atoms with van der Waals surface area (Å²) in [5.41, 5.74) is 11.1. The second kappa shape index (κ2) is 11.7. The van der Waals surface area contributed by atoms with Crippen molar-refractivity contribution in [2.45, 2.75) is 46.4 Å². The van der Waals surface area contributed by atoms with Gasteiger partial charge in [-0.05, 0) is 118 Å². The van der Waals surface area contributed by atoms with Gasteiger partial charge in [0.2, 0.25) is 0 Å². The highest BCUT2D eigenvalue weighted by Crippen LogP contribution is 2.27. The molecule has 0 fully saturated rings. The van der Waals surface area contributed by atoms with E-state index >= 15 is 0 Å². The van der Waals surface area contributed by atoms with Crippen LogP contribution in [0.3, 0.4) is 0 Å². The molecule has 9 heteroatoms. The van der Waals surface area contributed by atoms with Crippen LogP contribution in [0.1, 0.15) is 39.2 Å². The van der Waals surface area contributed by atoms with E-state index in [0.29, 0.717) is 10.7 Å². The summed E-state index contributed by atoms with van der Waals surface area (Å²) in [5, 5.41) is 4.57. The van der Waals surface area contributed by atoms with Crippen LogP contribution in [-0.4, -0.2) is 31.7 Å². The second-order valence-electron chi connectivity index (χ2n) is 9.96. The summed E-state index contributed by atoms with van der Waals surface area (Å²) in [7, 11) is -4.06. The largest absolute Gasteiger partial charge is 0.318 e. The van der Waals surface area contributed by atoms with Gasteiger partial charge in [-0.15, -0.1) is 0 Å². The molecule has 0 saturated carbocycles. The third-order valence-electron chi connectivity index (χ3n) is 7.08. The first-order valence-corrected chi connectivity index (χ1v) is 14.6. The van der Waals surface area contributed by atoms with Crippen molar-refractivity contribution in [3.63, 3.8) is 0 Å². The molecule has 208 valence electrons. The Morgan fingerprint density at radius 2 is 1.50 bits per heavy atom. The number of nitrogens with one attached hydrogen (secondary N) is 1. The van der Waals surface area contributed by atoms with Crippen molar-refractivity contribution in [3.05, 3.63) is 111 Å². The highest BCUT2D eigenvalue weighted by atomic mass is 35.5. The molecule has 0 aliphatic carbocycles. The fraction of sp³-hybridized carbons (Fsp3) is 0.226. The van der Waals surface area contributed by atoms with Crippen LogP contribution >= 0.6 is 11.6 Å². The summed E-state index contributed by atoms with van der Waals surface area (Å²) < 4.78 is 30.4. The van der Waals surface area contributed by atoms with Gasteiger partial charge < -0.3 is 4.57 Å². The highest BCUT2D eigenvalue weighted by molar-refractivity contribution is 7.92. The van der Waals surface area contributed by atoms with E-state index in [-0.39, 0.29) is 4.90 Å². The van der Waals surface area contributed by atoms with Gasteiger partial charge >= 0.3 is 0 Å². The van der Waals surface area contributed by atoms with Crippen molar-refractivity contribution in [1.29, 1.82) is 0 Å². The zero-order valence-electron chi connectivity index (χ0n) is 23.5. The molecule has 0 spiro atoms. The number of rotatable bonds is 8. The van der Waals surface area contributed by atoms with Gasteiger partial charge in [0, 0.05) is 27.7 Å². The van der Waals surface area contributed by atoms with Crippen LogP contribution in [0.4, 0.5) is 5.69 Å². The standard InChI is InChI=1S/C31H33ClN4O3S/c1-20-7-11-28(15-22(20)3)35(40(38,39)30-13-9-27(32)10-14-30)19-31(37)34-33-18-26-17-24(5)36(25(26)6)29-12-8-21(2)23(4)16-29/h7-18H,19H2,1-6H3,(H,34,37)/b33-18-. The lowest BCUT2D eigenvalue weighted by molar-refractivity contribution is -0.119. The number of anilines is 1. The fourth-order valence-corrected chi connectivity index (χ4v) is 5.99. The molecule has 0 radical (unpaired) electrons. The molecule has 0 aliphatic heterocycles. The summed E-state index contributed by atoms with van der Waals surface area (Å²) in [6.45, 7) is 11.6. The molecule has 0 saturated heterocycles. The lowest BCUT2D eigenvalue weighted by Crippen LogP contribution is -2.39. The minimum atomic E-state index is -4.06. The lowest BCUT2D eigenvalue weighted by atomic mass is 10.1. The third-order valence-corrected chi connectivity index (χ3v) is 9.12. The zero-order valence-corrected chi connectivity index (χ0v) is 25.1. The molecule has 7 nitrogen and oxygen atoms in total. The number of sulfonamides is 1. The molecule has 4 aromatic rings. The van der Waals surface area contributed by atoms with Gasteiger partial charge in [-0.1, -0.05) is 23.7 Å². The quantitative estimate of drug-likeness (QED) is 0.197. The van der Waals surface area contributed by atoms with Crippen LogP contribution in [0.2, 0.25) is 5.02 Å². The van der Waals surface area contributed by atoms with Gasteiger partial charge in [-0.3, -0.25) is 9.10 Å². The van der Waals surface area contributed by atoms with Gasteiger partial charge in [0.25, 0.3) is 15.9 Å². The second-order valence-corrected chi connectivity index (χ2v) is 12.3. The van der Waals surface area contributed by atoms with Gasteiger partial charge in [-0.25, -0.2) is 13.8 Å². The molecular weight excluding hydrogens is 544 g/mol. The molecule has 0 aliphatic rings. The highest BCUT2D eigenvalue weighted by Gasteiger charge is 2.27. The van der Waals surface area contributed by atoms with Crippen LogP contribution in [0.15, 0.2) is 76.7 Å². The van der Waals surface area contributed by atoms with E-state index in [1.807, 2.05) is 39.8 Å². The van der Waals surface area contributed by atoms with Gasteiger partial charge in [-0.2, -0.15) is 5.10 Å². The monoisotopic (exact) mass is 576 g/mol. The molecule has 4 rings (SSSR count). The summed E-state index contributed by atoms with van der Waals surface area (Å²) in [6, 6.07) is 19.4. The van der Waals surface area contributed by atoms with Crippen LogP contribution in [-0.2, 0) is 14.8 Å². The normalized spacial score (nSPS) is 11.7.